The maximum atomic E-state index is 14.1. The second kappa shape index (κ2) is 7.04. The maximum absolute atomic E-state index is 14.1. The van der Waals surface area contributed by atoms with Crippen molar-refractivity contribution in [2.24, 2.45) is 0 Å². The molecule has 2 aromatic rings. The summed E-state index contributed by atoms with van der Waals surface area (Å²) in [6, 6.07) is 7.99. The van der Waals surface area contributed by atoms with Crippen LogP contribution in [0.15, 0.2) is 42.5 Å². The van der Waals surface area contributed by atoms with Gasteiger partial charge in [-0.1, -0.05) is 29.3 Å². The zero-order valence-electron chi connectivity index (χ0n) is 13.3. The topological polar surface area (TPSA) is 46.5 Å². The molecule has 3 rings (SSSR count). The van der Waals surface area contributed by atoms with Crippen LogP contribution in [0.2, 0.25) is 10.0 Å². The molecule has 0 aromatic heterocycles. The van der Waals surface area contributed by atoms with Gasteiger partial charge in [0, 0.05) is 32.6 Å². The molecule has 0 radical (unpaired) electrons. The van der Waals surface area contributed by atoms with Crippen molar-refractivity contribution in [1.29, 1.82) is 0 Å². The Morgan fingerprint density at radius 1 is 1.19 bits per heavy atom. The van der Waals surface area contributed by atoms with E-state index in [1.807, 2.05) is 0 Å². The molecule has 0 fully saturated rings. The number of halogens is 6. The molecular formula is C18H10BrCl2F3O3. The van der Waals surface area contributed by atoms with E-state index in [-0.39, 0.29) is 31.4 Å². The lowest BCUT2D eigenvalue weighted by atomic mass is 9.88. The summed E-state index contributed by atoms with van der Waals surface area (Å²) in [5, 5.41) is 8.95. The monoisotopic (exact) mass is 480 g/mol. The molecule has 1 unspecified atom stereocenters. The van der Waals surface area contributed by atoms with E-state index in [2.05, 4.69) is 15.9 Å². The lowest BCUT2D eigenvalue weighted by molar-refractivity contribution is -0.248. The summed E-state index contributed by atoms with van der Waals surface area (Å²) >= 11 is 14.9. The van der Waals surface area contributed by atoms with Gasteiger partial charge in [-0.3, -0.25) is 0 Å². The van der Waals surface area contributed by atoms with Crippen LogP contribution < -0.4 is 4.74 Å². The largest absolute Gasteiger partial charge is 0.478 e. The minimum atomic E-state index is -4.74. The molecule has 0 bridgehead atoms. The van der Waals surface area contributed by atoms with E-state index < -0.39 is 24.2 Å². The molecule has 0 amide bonds. The fourth-order valence-corrected chi connectivity index (χ4v) is 3.89. The minimum Gasteiger partial charge on any atom is -0.478 e. The van der Waals surface area contributed by atoms with E-state index in [1.54, 1.807) is 0 Å². The Bertz CT molecular complexity index is 939. The summed E-state index contributed by atoms with van der Waals surface area (Å²) in [6.45, 7) is 0. The van der Waals surface area contributed by atoms with Gasteiger partial charge in [0.15, 0.2) is 0 Å². The van der Waals surface area contributed by atoms with Crippen LogP contribution in [0.3, 0.4) is 0 Å². The number of hydrogen-bond donors (Lipinski definition) is 1. The summed E-state index contributed by atoms with van der Waals surface area (Å²) in [4.78, 5) is 10.8. The van der Waals surface area contributed by atoms with Crippen LogP contribution in [0.1, 0.15) is 16.7 Å². The Balaban J connectivity index is 2.10. The molecule has 0 aliphatic carbocycles. The Hall–Kier alpha value is -1.70. The fraction of sp³-hybridized carbons (Fsp3) is 0.167. The van der Waals surface area contributed by atoms with Gasteiger partial charge in [-0.05, 0) is 57.4 Å². The SMILES string of the molecule is O=C(O)/C=C(/Br)c1ccc2c(c1)CC(c1cc(Cl)cc(Cl)c1)(C(F)(F)F)O2. The standard InChI is InChI=1S/C18H10BrCl2F3O3/c19-14(7-16(25)26)9-1-2-15-10(3-9)8-17(27-15,18(22,23)24)11-4-12(20)6-13(21)5-11/h1-7H,8H2,(H,25,26)/b14-7+. The van der Waals surface area contributed by atoms with Crippen LogP contribution in [-0.4, -0.2) is 17.3 Å². The van der Waals surface area contributed by atoms with E-state index in [0.29, 0.717) is 5.56 Å². The average Bonchev–Trinajstić information content (AvgIpc) is 2.93. The van der Waals surface area contributed by atoms with Gasteiger partial charge in [0.25, 0.3) is 0 Å². The van der Waals surface area contributed by atoms with E-state index in [9.17, 15) is 18.0 Å². The zero-order chi connectivity index (χ0) is 20.0. The van der Waals surface area contributed by atoms with Crippen molar-refractivity contribution in [2.45, 2.75) is 18.2 Å². The third-order valence-corrected chi connectivity index (χ3v) is 5.22. The molecule has 9 heteroatoms. The van der Waals surface area contributed by atoms with Gasteiger partial charge < -0.3 is 9.84 Å². The number of aliphatic carboxylic acids is 1. The minimum absolute atomic E-state index is 0.0581. The number of carboxylic acids is 1. The number of rotatable bonds is 3. The zero-order valence-corrected chi connectivity index (χ0v) is 16.4. The van der Waals surface area contributed by atoms with E-state index in [4.69, 9.17) is 33.0 Å². The Kier molecular flexibility index (Phi) is 5.22. The van der Waals surface area contributed by atoms with Gasteiger partial charge in [-0.2, -0.15) is 13.2 Å². The lowest BCUT2D eigenvalue weighted by Crippen LogP contribution is -2.46. The summed E-state index contributed by atoms with van der Waals surface area (Å²) < 4.78 is 47.8. The van der Waals surface area contributed by atoms with Crippen LogP contribution in [0.5, 0.6) is 5.75 Å². The summed E-state index contributed by atoms with van der Waals surface area (Å²) in [6.07, 6.45) is -4.33. The molecule has 1 aliphatic heterocycles. The van der Waals surface area contributed by atoms with Crippen LogP contribution in [0.25, 0.3) is 4.48 Å². The van der Waals surface area contributed by atoms with Crippen LogP contribution >= 0.6 is 39.1 Å². The summed E-state index contributed by atoms with van der Waals surface area (Å²) in [7, 11) is 0. The van der Waals surface area contributed by atoms with Gasteiger partial charge in [0.05, 0.1) is 0 Å². The number of carbonyl (C=O) groups is 1. The van der Waals surface area contributed by atoms with Crippen molar-refractivity contribution in [3.63, 3.8) is 0 Å². The predicted octanol–water partition coefficient (Wildman–Crippen LogP) is 6.21. The molecule has 1 atom stereocenters. The van der Waals surface area contributed by atoms with Crippen LogP contribution in [0, 0.1) is 0 Å². The van der Waals surface area contributed by atoms with E-state index in [1.165, 1.54) is 36.4 Å². The van der Waals surface area contributed by atoms with E-state index in [0.717, 1.165) is 6.08 Å². The molecule has 0 spiro atoms. The van der Waals surface area contributed by atoms with Crippen molar-refractivity contribution >= 4 is 49.6 Å². The first kappa shape index (κ1) is 20.0. The van der Waals surface area contributed by atoms with Crippen LogP contribution in [0.4, 0.5) is 13.2 Å². The second-order valence-electron chi connectivity index (χ2n) is 5.91. The smallest absolute Gasteiger partial charge is 0.432 e. The van der Waals surface area contributed by atoms with Gasteiger partial charge >= 0.3 is 12.1 Å². The van der Waals surface area contributed by atoms with Crippen molar-refractivity contribution < 1.29 is 27.8 Å². The molecule has 1 heterocycles. The van der Waals surface area contributed by atoms with Gasteiger partial charge in [-0.15, -0.1) is 0 Å². The molecule has 1 N–H and O–H groups in total. The molecule has 3 nitrogen and oxygen atoms in total. The van der Waals surface area contributed by atoms with Gasteiger partial charge in [0.1, 0.15) is 5.75 Å². The first-order valence-corrected chi connectivity index (χ1v) is 9.02. The number of benzene rings is 2. The highest BCUT2D eigenvalue weighted by Crippen LogP contribution is 2.52. The Morgan fingerprint density at radius 3 is 2.37 bits per heavy atom. The third kappa shape index (κ3) is 3.81. The summed E-state index contributed by atoms with van der Waals surface area (Å²) in [5.41, 5.74) is -2.13. The van der Waals surface area contributed by atoms with Crippen molar-refractivity contribution in [2.75, 3.05) is 0 Å². The molecule has 1 aliphatic rings. The second-order valence-corrected chi connectivity index (χ2v) is 7.64. The number of ether oxygens (including phenoxy) is 1. The number of alkyl halides is 3. The molecule has 2 aromatic carbocycles. The number of hydrogen-bond acceptors (Lipinski definition) is 2. The Labute approximate surface area is 170 Å². The average molecular weight is 482 g/mol. The van der Waals surface area contributed by atoms with Gasteiger partial charge in [-0.25, -0.2) is 4.79 Å². The maximum Gasteiger partial charge on any atom is 0.432 e. The highest BCUT2D eigenvalue weighted by Gasteiger charge is 2.61. The molecule has 27 heavy (non-hydrogen) atoms. The summed E-state index contributed by atoms with van der Waals surface area (Å²) in [5.74, 6) is -1.13. The van der Waals surface area contributed by atoms with Crippen LogP contribution in [-0.2, 0) is 16.8 Å². The molecule has 0 saturated heterocycles. The van der Waals surface area contributed by atoms with Crippen molar-refractivity contribution in [3.05, 3.63) is 69.2 Å². The molecular weight excluding hydrogens is 472 g/mol. The highest BCUT2D eigenvalue weighted by molar-refractivity contribution is 9.15. The third-order valence-electron chi connectivity index (χ3n) is 4.10. The number of carboxylic acid groups (broad SMARTS) is 1. The first-order valence-electron chi connectivity index (χ1n) is 7.47. The fourth-order valence-electron chi connectivity index (χ4n) is 2.92. The molecule has 0 saturated carbocycles. The van der Waals surface area contributed by atoms with E-state index >= 15 is 0 Å². The van der Waals surface area contributed by atoms with Crippen molar-refractivity contribution in [3.8, 4) is 5.75 Å². The lowest BCUT2D eigenvalue weighted by Gasteiger charge is -2.31. The normalized spacial score (nSPS) is 19.6. The Morgan fingerprint density at radius 2 is 1.81 bits per heavy atom. The molecule has 142 valence electrons. The first-order chi connectivity index (χ1) is 12.5. The highest BCUT2D eigenvalue weighted by atomic mass is 79.9. The van der Waals surface area contributed by atoms with Gasteiger partial charge in [0.2, 0.25) is 5.60 Å². The van der Waals surface area contributed by atoms with Crippen molar-refractivity contribution in [1.82, 2.24) is 0 Å². The number of fused-ring (bicyclic) bond motifs is 1. The quantitative estimate of drug-likeness (QED) is 0.530. The predicted molar refractivity (Wildman–Crippen MR) is 99.5 cm³/mol.